The van der Waals surface area contributed by atoms with Crippen LogP contribution in [0, 0.1) is 0 Å². The minimum absolute atomic E-state index is 0.166. The third kappa shape index (κ3) is 4.48. The van der Waals surface area contributed by atoms with E-state index in [2.05, 4.69) is 10.6 Å². The van der Waals surface area contributed by atoms with Crippen molar-refractivity contribution >= 4 is 46.4 Å². The topological polar surface area (TPSA) is 58.2 Å². The Morgan fingerprint density at radius 2 is 1.43 bits per heavy atom. The normalized spacial score (nSPS) is 10.0. The Labute approximate surface area is 132 Å². The van der Waals surface area contributed by atoms with Crippen LogP contribution in [0.2, 0.25) is 10.0 Å². The van der Waals surface area contributed by atoms with Crippen LogP contribution in [0.25, 0.3) is 0 Å². The van der Waals surface area contributed by atoms with Gasteiger partial charge in [-0.3, -0.25) is 9.59 Å². The number of benzene rings is 2. The highest BCUT2D eigenvalue weighted by Gasteiger charge is 2.07. The van der Waals surface area contributed by atoms with Gasteiger partial charge in [0, 0.05) is 33.9 Å². The lowest BCUT2D eigenvalue weighted by atomic mass is 10.2. The quantitative estimate of drug-likeness (QED) is 0.889. The summed E-state index contributed by atoms with van der Waals surface area (Å²) >= 11 is 11.7. The van der Waals surface area contributed by atoms with Crippen LogP contribution in [0.1, 0.15) is 17.3 Å². The second-order valence-corrected chi connectivity index (χ2v) is 5.24. The molecule has 6 heteroatoms. The summed E-state index contributed by atoms with van der Waals surface area (Å²) in [6.45, 7) is 1.42. The molecule has 0 spiro atoms. The van der Waals surface area contributed by atoms with Gasteiger partial charge in [-0.15, -0.1) is 0 Å². The molecule has 0 saturated carbocycles. The Morgan fingerprint density at radius 3 is 1.95 bits per heavy atom. The zero-order valence-corrected chi connectivity index (χ0v) is 12.6. The molecule has 0 bridgehead atoms. The number of hydrogen-bond donors (Lipinski definition) is 2. The number of carbonyl (C=O) groups is 2. The summed E-state index contributed by atoms with van der Waals surface area (Å²) in [6, 6.07) is 11.3. The van der Waals surface area contributed by atoms with Crippen molar-refractivity contribution < 1.29 is 9.59 Å². The van der Waals surface area contributed by atoms with Gasteiger partial charge in [-0.1, -0.05) is 23.2 Å². The third-order valence-corrected chi connectivity index (χ3v) is 3.02. The molecule has 0 aliphatic rings. The molecule has 0 aromatic heterocycles. The van der Waals surface area contributed by atoms with Gasteiger partial charge in [-0.05, 0) is 42.5 Å². The molecule has 108 valence electrons. The van der Waals surface area contributed by atoms with E-state index >= 15 is 0 Å². The van der Waals surface area contributed by atoms with Gasteiger partial charge in [-0.2, -0.15) is 0 Å². The lowest BCUT2D eigenvalue weighted by Crippen LogP contribution is -2.12. The predicted molar refractivity (Wildman–Crippen MR) is 85.2 cm³/mol. The highest BCUT2D eigenvalue weighted by Crippen LogP contribution is 2.23. The maximum absolute atomic E-state index is 12.1. The van der Waals surface area contributed by atoms with Crippen molar-refractivity contribution in [2.24, 2.45) is 0 Å². The van der Waals surface area contributed by atoms with Crippen molar-refractivity contribution in [2.75, 3.05) is 10.6 Å². The van der Waals surface area contributed by atoms with E-state index in [0.717, 1.165) is 0 Å². The molecular weight excluding hydrogens is 311 g/mol. The van der Waals surface area contributed by atoms with Gasteiger partial charge >= 0.3 is 0 Å². The number of carbonyl (C=O) groups excluding carboxylic acids is 2. The van der Waals surface area contributed by atoms with E-state index in [1.54, 1.807) is 42.5 Å². The third-order valence-electron chi connectivity index (χ3n) is 2.59. The summed E-state index contributed by atoms with van der Waals surface area (Å²) in [6.07, 6.45) is 0. The highest BCUT2D eigenvalue weighted by molar-refractivity contribution is 6.35. The Kier molecular flexibility index (Phi) is 4.83. The summed E-state index contributed by atoms with van der Waals surface area (Å²) in [5.41, 5.74) is 1.61. The molecular formula is C15H12Cl2N2O2. The van der Waals surface area contributed by atoms with Gasteiger partial charge in [0.2, 0.25) is 5.91 Å². The maximum Gasteiger partial charge on any atom is 0.255 e. The Balaban J connectivity index is 2.11. The van der Waals surface area contributed by atoms with E-state index in [4.69, 9.17) is 23.2 Å². The number of amides is 2. The van der Waals surface area contributed by atoms with Crippen molar-refractivity contribution in [3.05, 3.63) is 58.1 Å². The predicted octanol–water partition coefficient (Wildman–Crippen LogP) is 4.20. The van der Waals surface area contributed by atoms with Crippen LogP contribution in [0.3, 0.4) is 0 Å². The van der Waals surface area contributed by atoms with Crippen LogP contribution in [-0.4, -0.2) is 11.8 Å². The van der Waals surface area contributed by atoms with E-state index in [1.165, 1.54) is 6.92 Å². The van der Waals surface area contributed by atoms with Crippen molar-refractivity contribution in [3.8, 4) is 0 Å². The zero-order chi connectivity index (χ0) is 15.4. The van der Waals surface area contributed by atoms with Crippen molar-refractivity contribution in [1.82, 2.24) is 0 Å². The molecule has 0 saturated heterocycles. The molecule has 0 aliphatic heterocycles. The molecule has 2 aromatic carbocycles. The van der Waals surface area contributed by atoms with Crippen molar-refractivity contribution in [1.29, 1.82) is 0 Å². The summed E-state index contributed by atoms with van der Waals surface area (Å²) in [5.74, 6) is -0.455. The molecule has 0 atom stereocenters. The van der Waals surface area contributed by atoms with Crippen molar-refractivity contribution in [2.45, 2.75) is 6.92 Å². The van der Waals surface area contributed by atoms with Crippen LogP contribution < -0.4 is 10.6 Å². The fourth-order valence-corrected chi connectivity index (χ4v) is 2.26. The molecule has 0 radical (unpaired) electrons. The maximum atomic E-state index is 12.1. The molecule has 0 fully saturated rings. The monoisotopic (exact) mass is 322 g/mol. The fraction of sp³-hybridized carbons (Fsp3) is 0.0667. The van der Waals surface area contributed by atoms with E-state index in [0.29, 0.717) is 27.0 Å². The van der Waals surface area contributed by atoms with Gasteiger partial charge in [0.15, 0.2) is 0 Å². The number of halogens is 2. The average molecular weight is 323 g/mol. The second-order valence-electron chi connectivity index (χ2n) is 4.37. The van der Waals surface area contributed by atoms with E-state index in [1.807, 2.05) is 0 Å². The van der Waals surface area contributed by atoms with E-state index in [9.17, 15) is 9.59 Å². The minimum atomic E-state index is -0.289. The summed E-state index contributed by atoms with van der Waals surface area (Å²) in [4.78, 5) is 23.0. The van der Waals surface area contributed by atoms with Gasteiger partial charge in [-0.25, -0.2) is 0 Å². The van der Waals surface area contributed by atoms with Crippen LogP contribution in [-0.2, 0) is 4.79 Å². The molecule has 2 aromatic rings. The first-order valence-corrected chi connectivity index (χ1v) is 6.85. The smallest absolute Gasteiger partial charge is 0.255 e. The first-order valence-electron chi connectivity index (χ1n) is 6.09. The number of nitrogens with one attached hydrogen (secondary N) is 2. The molecule has 0 unspecified atom stereocenters. The summed E-state index contributed by atoms with van der Waals surface area (Å²) < 4.78 is 0. The SMILES string of the molecule is CC(=O)Nc1ccc(C(=O)Nc2cc(Cl)cc(Cl)c2)cc1. The molecule has 0 aliphatic carbocycles. The van der Waals surface area contributed by atoms with Crippen LogP contribution in [0.15, 0.2) is 42.5 Å². The fourth-order valence-electron chi connectivity index (χ4n) is 1.74. The standard InChI is InChI=1S/C15H12Cl2N2O2/c1-9(20)18-13-4-2-10(3-5-13)15(21)19-14-7-11(16)6-12(17)8-14/h2-8H,1H3,(H,18,20)(H,19,21). The lowest BCUT2D eigenvalue weighted by Gasteiger charge is -2.07. The molecule has 4 nitrogen and oxygen atoms in total. The van der Waals surface area contributed by atoms with Gasteiger partial charge in [0.25, 0.3) is 5.91 Å². The molecule has 2 rings (SSSR count). The largest absolute Gasteiger partial charge is 0.326 e. The Morgan fingerprint density at radius 1 is 0.857 bits per heavy atom. The van der Waals surface area contributed by atoms with Gasteiger partial charge < -0.3 is 10.6 Å². The van der Waals surface area contributed by atoms with Gasteiger partial charge in [0.05, 0.1) is 0 Å². The first kappa shape index (κ1) is 15.4. The van der Waals surface area contributed by atoms with Gasteiger partial charge in [0.1, 0.15) is 0 Å². The van der Waals surface area contributed by atoms with E-state index < -0.39 is 0 Å². The number of anilines is 2. The number of rotatable bonds is 3. The molecule has 2 amide bonds. The van der Waals surface area contributed by atoms with Crippen LogP contribution >= 0.6 is 23.2 Å². The highest BCUT2D eigenvalue weighted by atomic mass is 35.5. The van der Waals surface area contributed by atoms with Crippen molar-refractivity contribution in [3.63, 3.8) is 0 Å². The zero-order valence-electron chi connectivity index (χ0n) is 11.1. The second kappa shape index (κ2) is 6.61. The lowest BCUT2D eigenvalue weighted by molar-refractivity contribution is -0.114. The Bertz CT molecular complexity index is 664. The number of hydrogen-bond acceptors (Lipinski definition) is 2. The molecule has 21 heavy (non-hydrogen) atoms. The van der Waals surface area contributed by atoms with E-state index in [-0.39, 0.29) is 11.8 Å². The van der Waals surface area contributed by atoms with Crippen LogP contribution in [0.4, 0.5) is 11.4 Å². The van der Waals surface area contributed by atoms with Crippen LogP contribution in [0.5, 0.6) is 0 Å². The summed E-state index contributed by atoms with van der Waals surface area (Å²) in [7, 11) is 0. The Hall–Kier alpha value is -2.04. The molecule has 2 N–H and O–H groups in total. The first-order chi connectivity index (χ1) is 9.94. The average Bonchev–Trinajstić information content (AvgIpc) is 2.37. The minimum Gasteiger partial charge on any atom is -0.326 e. The summed E-state index contributed by atoms with van der Waals surface area (Å²) in [5, 5.41) is 6.22. The molecule has 0 heterocycles.